The zero-order valence-corrected chi connectivity index (χ0v) is 24.9. The van der Waals surface area contributed by atoms with Gasteiger partial charge in [-0.1, -0.05) is 36.4 Å². The van der Waals surface area contributed by atoms with Crippen LogP contribution in [0.15, 0.2) is 82.5 Å². The first-order valence-corrected chi connectivity index (χ1v) is 15.2. The van der Waals surface area contributed by atoms with Crippen LogP contribution >= 0.6 is 11.9 Å². The van der Waals surface area contributed by atoms with E-state index in [-0.39, 0.29) is 34.7 Å². The number of rotatable bonds is 6. The minimum atomic E-state index is -3.66. The molecule has 12 heteroatoms. The van der Waals surface area contributed by atoms with Gasteiger partial charge in [-0.15, -0.1) is 8.78 Å². The minimum Gasteiger partial charge on any atom is -0.395 e. The van der Waals surface area contributed by atoms with Gasteiger partial charge in [-0.05, 0) is 68.1 Å². The average molecular weight is 618 g/mol. The van der Waals surface area contributed by atoms with Crippen molar-refractivity contribution in [3.8, 4) is 11.5 Å². The number of anilines is 1. The fourth-order valence-electron chi connectivity index (χ4n) is 6.08. The van der Waals surface area contributed by atoms with Crippen molar-refractivity contribution in [1.29, 1.82) is 0 Å². The molecule has 7 rings (SSSR count). The van der Waals surface area contributed by atoms with Gasteiger partial charge in [0.05, 0.1) is 6.04 Å². The van der Waals surface area contributed by atoms with Crippen molar-refractivity contribution >= 4 is 45.3 Å². The van der Waals surface area contributed by atoms with Crippen LogP contribution in [0.5, 0.6) is 11.5 Å². The van der Waals surface area contributed by atoms with E-state index in [1.165, 1.54) is 28.8 Å². The van der Waals surface area contributed by atoms with E-state index < -0.39 is 6.29 Å². The highest BCUT2D eigenvalue weighted by molar-refractivity contribution is 7.97. The molecule has 2 aromatic heterocycles. The molecule has 0 N–H and O–H groups in total. The number of para-hydroxylation sites is 2. The highest BCUT2D eigenvalue weighted by Gasteiger charge is 2.43. The summed E-state index contributed by atoms with van der Waals surface area (Å²) in [5, 5.41) is 6.18. The molecule has 5 aromatic rings. The second-order valence-electron chi connectivity index (χ2n) is 10.8. The summed E-state index contributed by atoms with van der Waals surface area (Å²) >= 11 is 1.43. The molecular formula is C32H29F2N5O4S. The largest absolute Gasteiger partial charge is 0.586 e. The number of alkyl halides is 2. The van der Waals surface area contributed by atoms with Crippen LogP contribution in [0.1, 0.15) is 36.3 Å². The molecule has 1 fully saturated rings. The summed E-state index contributed by atoms with van der Waals surface area (Å²) in [4.78, 5) is 30.7. The molecule has 0 saturated carbocycles. The molecule has 1 amide bonds. The van der Waals surface area contributed by atoms with E-state index in [4.69, 9.17) is 5.10 Å². The molecule has 3 aromatic carbocycles. The van der Waals surface area contributed by atoms with E-state index in [1.807, 2.05) is 73.1 Å². The molecule has 0 aliphatic carbocycles. The van der Waals surface area contributed by atoms with Crippen LogP contribution in [0.2, 0.25) is 0 Å². The summed E-state index contributed by atoms with van der Waals surface area (Å²) in [5.74, 6) is -0.260. The van der Waals surface area contributed by atoms with E-state index in [0.717, 1.165) is 21.5 Å². The Morgan fingerprint density at radius 2 is 1.73 bits per heavy atom. The number of hydrogen-bond acceptors (Lipinski definition) is 7. The fourth-order valence-corrected chi connectivity index (χ4v) is 7.06. The van der Waals surface area contributed by atoms with Crippen LogP contribution in [-0.4, -0.2) is 50.5 Å². The van der Waals surface area contributed by atoms with Gasteiger partial charge in [0.2, 0.25) is 0 Å². The van der Waals surface area contributed by atoms with Crippen molar-refractivity contribution in [2.45, 2.75) is 37.0 Å². The number of piperidine rings is 1. The minimum absolute atomic E-state index is 0.00252. The Kier molecular flexibility index (Phi) is 7.05. The Balaban J connectivity index is 1.21. The van der Waals surface area contributed by atoms with Gasteiger partial charge in [0.15, 0.2) is 17.2 Å². The lowest BCUT2D eigenvalue weighted by atomic mass is 10.1. The second kappa shape index (κ2) is 10.9. The summed E-state index contributed by atoms with van der Waals surface area (Å²) < 4.78 is 41.5. The fraction of sp³-hybridized carbons (Fsp3) is 0.281. The molecule has 0 radical (unpaired) electrons. The Bertz CT molecular complexity index is 1950. The van der Waals surface area contributed by atoms with Crippen molar-refractivity contribution in [3.63, 3.8) is 0 Å². The normalized spacial score (nSPS) is 16.5. The Morgan fingerprint density at radius 3 is 2.48 bits per heavy atom. The molecule has 44 heavy (non-hydrogen) atoms. The number of aryl methyl sites for hydroxylation is 1. The molecule has 1 saturated heterocycles. The van der Waals surface area contributed by atoms with Gasteiger partial charge in [0.1, 0.15) is 5.52 Å². The molecule has 226 valence electrons. The topological polar surface area (TPSA) is 81.8 Å². The highest BCUT2D eigenvalue weighted by Crippen LogP contribution is 2.43. The van der Waals surface area contributed by atoms with E-state index in [2.05, 4.69) is 13.8 Å². The standard InChI is InChI=1S/C32H29F2N5O4S/c1-3-38(20-9-5-4-6-10-20)30(40)28-27-23-11-7-8-12-24(23)36(2)29(27)31(41)39(35-28)21-15-17-37(18-16-21)44-22-13-14-25-26(19-22)43-32(33,34)42-25/h4-14,19,21H,3,15-18H2,1-2H3. The van der Waals surface area contributed by atoms with Crippen LogP contribution in [0.25, 0.3) is 21.8 Å². The summed E-state index contributed by atoms with van der Waals surface area (Å²) in [7, 11) is 1.85. The number of halogens is 2. The zero-order chi connectivity index (χ0) is 30.6. The lowest BCUT2D eigenvalue weighted by molar-refractivity contribution is -0.286. The molecule has 0 bridgehead atoms. The third-order valence-corrected chi connectivity index (χ3v) is 9.26. The van der Waals surface area contributed by atoms with Gasteiger partial charge in [-0.2, -0.15) is 5.10 Å². The molecule has 0 atom stereocenters. The lowest BCUT2D eigenvalue weighted by Gasteiger charge is -2.31. The number of ether oxygens (including phenoxy) is 2. The maximum absolute atomic E-state index is 14.2. The van der Waals surface area contributed by atoms with E-state index in [9.17, 15) is 18.4 Å². The van der Waals surface area contributed by atoms with Gasteiger partial charge >= 0.3 is 6.29 Å². The molecule has 0 spiro atoms. The van der Waals surface area contributed by atoms with Gasteiger partial charge in [0.25, 0.3) is 11.5 Å². The Morgan fingerprint density at radius 1 is 1.02 bits per heavy atom. The van der Waals surface area contributed by atoms with E-state index >= 15 is 0 Å². The maximum Gasteiger partial charge on any atom is 0.586 e. The Labute approximate surface area is 255 Å². The van der Waals surface area contributed by atoms with Crippen LogP contribution < -0.4 is 19.9 Å². The highest BCUT2D eigenvalue weighted by atomic mass is 32.2. The van der Waals surface area contributed by atoms with Gasteiger partial charge in [0, 0.05) is 53.6 Å². The Hall–Kier alpha value is -4.42. The number of carbonyl (C=O) groups excluding carboxylic acids is 1. The number of benzene rings is 3. The first-order chi connectivity index (χ1) is 21.2. The van der Waals surface area contributed by atoms with Crippen LogP contribution in [0.3, 0.4) is 0 Å². The summed E-state index contributed by atoms with van der Waals surface area (Å²) in [6.45, 7) is 3.59. The van der Waals surface area contributed by atoms with Crippen molar-refractivity contribution in [2.75, 3.05) is 24.5 Å². The molecular weight excluding hydrogens is 588 g/mol. The summed E-state index contributed by atoms with van der Waals surface area (Å²) in [6, 6.07) is 21.6. The van der Waals surface area contributed by atoms with Crippen molar-refractivity contribution in [2.24, 2.45) is 7.05 Å². The first kappa shape index (κ1) is 28.4. The SMILES string of the molecule is CCN(C(=O)c1nn(C2CCN(Sc3ccc4c(c3)OC(F)(F)O4)CC2)c(=O)c2c1c1ccccc1n2C)c1ccccc1. The smallest absolute Gasteiger partial charge is 0.395 e. The molecule has 2 aliphatic rings. The van der Waals surface area contributed by atoms with Crippen molar-refractivity contribution < 1.29 is 23.0 Å². The predicted octanol–water partition coefficient (Wildman–Crippen LogP) is 6.22. The molecule has 9 nitrogen and oxygen atoms in total. The molecule has 0 unspecified atom stereocenters. The van der Waals surface area contributed by atoms with Crippen LogP contribution in [-0.2, 0) is 7.05 Å². The van der Waals surface area contributed by atoms with Crippen molar-refractivity contribution in [1.82, 2.24) is 18.7 Å². The third-order valence-electron chi connectivity index (χ3n) is 8.17. The second-order valence-corrected chi connectivity index (χ2v) is 12.0. The monoisotopic (exact) mass is 617 g/mol. The van der Waals surface area contributed by atoms with E-state index in [1.54, 1.807) is 11.0 Å². The average Bonchev–Trinajstić information content (AvgIpc) is 3.51. The number of fused-ring (bicyclic) bond motifs is 4. The number of nitrogens with zero attached hydrogens (tertiary/aromatic N) is 5. The summed E-state index contributed by atoms with van der Waals surface area (Å²) in [5.41, 5.74) is 2.06. The van der Waals surface area contributed by atoms with Crippen molar-refractivity contribution in [3.05, 3.63) is 88.8 Å². The quantitative estimate of drug-likeness (QED) is 0.209. The molecule has 4 heterocycles. The summed E-state index contributed by atoms with van der Waals surface area (Å²) in [6.07, 6.45) is -2.44. The molecule has 2 aliphatic heterocycles. The number of aromatic nitrogens is 3. The third kappa shape index (κ3) is 4.87. The number of carbonyl (C=O) groups is 1. The maximum atomic E-state index is 14.2. The van der Waals surface area contributed by atoms with Crippen LogP contribution in [0.4, 0.5) is 14.5 Å². The van der Waals surface area contributed by atoms with Gasteiger partial charge < -0.3 is 18.9 Å². The first-order valence-electron chi connectivity index (χ1n) is 14.4. The van der Waals surface area contributed by atoms with Gasteiger partial charge in [-0.3, -0.25) is 9.59 Å². The van der Waals surface area contributed by atoms with E-state index in [0.29, 0.717) is 43.4 Å². The van der Waals surface area contributed by atoms with Crippen LogP contribution in [0, 0.1) is 0 Å². The predicted molar refractivity (Wildman–Crippen MR) is 165 cm³/mol. The van der Waals surface area contributed by atoms with Gasteiger partial charge in [-0.25, -0.2) is 8.99 Å². The lowest BCUT2D eigenvalue weighted by Crippen LogP contribution is -2.38. The zero-order valence-electron chi connectivity index (χ0n) is 24.1. The number of hydrogen-bond donors (Lipinski definition) is 0. The number of amides is 1.